The first-order chi connectivity index (χ1) is 8.82. The quantitative estimate of drug-likeness (QED) is 0.850. The highest BCUT2D eigenvalue weighted by Gasteiger charge is 2.34. The Hall–Kier alpha value is -0.430. The third-order valence-corrected chi connectivity index (χ3v) is 6.59. The van der Waals surface area contributed by atoms with Gasteiger partial charge in [-0.1, -0.05) is 31.5 Å². The minimum Gasteiger partial charge on any atom is -0.398 e. The highest BCUT2D eigenvalue weighted by atomic mass is 35.5. The van der Waals surface area contributed by atoms with Crippen LogP contribution in [0.2, 0.25) is 5.02 Å². The summed E-state index contributed by atoms with van der Waals surface area (Å²) in [6, 6.07) is 4.76. The van der Waals surface area contributed by atoms with Gasteiger partial charge in [0.05, 0.1) is 10.7 Å². The molecule has 1 aliphatic rings. The molecule has 2 unspecified atom stereocenters. The molecule has 2 atom stereocenters. The van der Waals surface area contributed by atoms with E-state index in [-0.39, 0.29) is 26.1 Å². The number of nitrogen functional groups attached to an aromatic ring is 1. The average molecular weight is 321 g/mol. The lowest BCUT2D eigenvalue weighted by Crippen LogP contribution is -2.44. The van der Waals surface area contributed by atoms with Crippen molar-refractivity contribution in [2.45, 2.75) is 29.2 Å². The Morgan fingerprint density at radius 1 is 1.32 bits per heavy atom. The van der Waals surface area contributed by atoms with E-state index in [1.807, 2.05) is 13.8 Å². The maximum absolute atomic E-state index is 12.7. The van der Waals surface area contributed by atoms with Gasteiger partial charge in [-0.15, -0.1) is 0 Å². The van der Waals surface area contributed by atoms with E-state index in [0.717, 1.165) is 0 Å². The Kier molecular flexibility index (Phi) is 4.35. The number of hydrogen-bond acceptors (Lipinski definition) is 4. The molecule has 0 aromatic heterocycles. The SMILES string of the molecule is CC1CN(S(=O)(=O)c2c(N)cccc2Cl)CC(C)S1. The number of sulfonamides is 1. The number of thioether (sulfide) groups is 1. The van der Waals surface area contributed by atoms with Crippen LogP contribution in [0, 0.1) is 0 Å². The number of hydrogen-bond donors (Lipinski definition) is 1. The van der Waals surface area contributed by atoms with Gasteiger partial charge in [0.15, 0.2) is 0 Å². The first-order valence-electron chi connectivity index (χ1n) is 6.02. The maximum atomic E-state index is 12.7. The van der Waals surface area contributed by atoms with Crippen molar-refractivity contribution >= 4 is 39.1 Å². The number of nitrogens with two attached hydrogens (primary N) is 1. The molecule has 1 aliphatic heterocycles. The fourth-order valence-electron chi connectivity index (χ4n) is 2.25. The second kappa shape index (κ2) is 5.52. The van der Waals surface area contributed by atoms with Crippen molar-refractivity contribution in [3.05, 3.63) is 23.2 Å². The van der Waals surface area contributed by atoms with Gasteiger partial charge in [-0.2, -0.15) is 16.1 Å². The van der Waals surface area contributed by atoms with Crippen LogP contribution in [0.4, 0.5) is 5.69 Å². The van der Waals surface area contributed by atoms with Crippen molar-refractivity contribution < 1.29 is 8.42 Å². The molecule has 0 aliphatic carbocycles. The summed E-state index contributed by atoms with van der Waals surface area (Å²) >= 11 is 7.81. The van der Waals surface area contributed by atoms with Crippen molar-refractivity contribution in [3.8, 4) is 0 Å². The van der Waals surface area contributed by atoms with Crippen LogP contribution < -0.4 is 5.73 Å². The molecule has 1 aromatic rings. The zero-order valence-electron chi connectivity index (χ0n) is 10.8. The minimum atomic E-state index is -3.63. The molecule has 2 N–H and O–H groups in total. The predicted molar refractivity (Wildman–Crippen MR) is 81.1 cm³/mol. The van der Waals surface area contributed by atoms with Crippen molar-refractivity contribution in [1.82, 2.24) is 4.31 Å². The fraction of sp³-hybridized carbons (Fsp3) is 0.500. The summed E-state index contributed by atoms with van der Waals surface area (Å²) in [4.78, 5) is 0.0305. The molecule has 0 bridgehead atoms. The van der Waals surface area contributed by atoms with Crippen LogP contribution >= 0.6 is 23.4 Å². The molecule has 19 heavy (non-hydrogen) atoms. The fourth-order valence-corrected chi connectivity index (χ4v) is 6.02. The van der Waals surface area contributed by atoms with Gasteiger partial charge in [0.1, 0.15) is 4.90 Å². The molecule has 0 radical (unpaired) electrons. The smallest absolute Gasteiger partial charge is 0.246 e. The number of nitrogens with zero attached hydrogens (tertiary/aromatic N) is 1. The van der Waals surface area contributed by atoms with Crippen molar-refractivity contribution in [1.29, 1.82) is 0 Å². The number of benzene rings is 1. The molecular weight excluding hydrogens is 304 g/mol. The van der Waals surface area contributed by atoms with Crippen LogP contribution in [0.5, 0.6) is 0 Å². The van der Waals surface area contributed by atoms with E-state index in [0.29, 0.717) is 13.1 Å². The van der Waals surface area contributed by atoms with E-state index < -0.39 is 10.0 Å². The zero-order valence-corrected chi connectivity index (χ0v) is 13.2. The molecule has 0 saturated carbocycles. The molecule has 106 valence electrons. The molecular formula is C12H17ClN2O2S2. The van der Waals surface area contributed by atoms with E-state index in [9.17, 15) is 8.42 Å². The molecule has 1 aromatic carbocycles. The summed E-state index contributed by atoms with van der Waals surface area (Å²) in [7, 11) is -3.63. The molecule has 1 saturated heterocycles. The van der Waals surface area contributed by atoms with Gasteiger partial charge in [0.25, 0.3) is 0 Å². The van der Waals surface area contributed by atoms with Gasteiger partial charge < -0.3 is 5.73 Å². The Balaban J connectivity index is 2.42. The zero-order chi connectivity index (χ0) is 14.2. The molecule has 2 rings (SSSR count). The van der Waals surface area contributed by atoms with Crippen LogP contribution in [0.25, 0.3) is 0 Å². The summed E-state index contributed by atoms with van der Waals surface area (Å²) in [5.41, 5.74) is 5.99. The second-order valence-electron chi connectivity index (χ2n) is 4.74. The van der Waals surface area contributed by atoms with Crippen LogP contribution in [0.15, 0.2) is 23.1 Å². The monoisotopic (exact) mass is 320 g/mol. The number of halogens is 1. The van der Waals surface area contributed by atoms with E-state index in [1.165, 1.54) is 4.31 Å². The van der Waals surface area contributed by atoms with Crippen molar-refractivity contribution in [3.63, 3.8) is 0 Å². The third-order valence-electron chi connectivity index (χ3n) is 2.98. The molecule has 1 heterocycles. The molecule has 0 spiro atoms. The van der Waals surface area contributed by atoms with E-state index >= 15 is 0 Å². The van der Waals surface area contributed by atoms with Gasteiger partial charge in [0.2, 0.25) is 10.0 Å². The Morgan fingerprint density at radius 2 is 1.89 bits per heavy atom. The molecule has 7 heteroatoms. The first-order valence-corrected chi connectivity index (χ1v) is 8.78. The van der Waals surface area contributed by atoms with Crippen molar-refractivity contribution in [2.24, 2.45) is 0 Å². The summed E-state index contributed by atoms with van der Waals surface area (Å²) in [5.74, 6) is 0. The average Bonchev–Trinajstić information content (AvgIpc) is 2.26. The summed E-state index contributed by atoms with van der Waals surface area (Å²) in [6.45, 7) is 5.03. The molecule has 0 amide bonds. The van der Waals surface area contributed by atoms with Gasteiger partial charge in [-0.05, 0) is 12.1 Å². The number of anilines is 1. The Labute approximate surface area is 123 Å². The van der Waals surface area contributed by atoms with Crippen molar-refractivity contribution in [2.75, 3.05) is 18.8 Å². The normalized spacial score (nSPS) is 25.4. The molecule has 1 fully saturated rings. The van der Waals surface area contributed by atoms with Crippen LogP contribution in [0.1, 0.15) is 13.8 Å². The van der Waals surface area contributed by atoms with Crippen LogP contribution in [-0.2, 0) is 10.0 Å². The van der Waals surface area contributed by atoms with Crippen LogP contribution in [0.3, 0.4) is 0 Å². The van der Waals surface area contributed by atoms with E-state index in [2.05, 4.69) is 0 Å². The molecule has 4 nitrogen and oxygen atoms in total. The minimum absolute atomic E-state index is 0.0305. The number of rotatable bonds is 2. The largest absolute Gasteiger partial charge is 0.398 e. The lowest BCUT2D eigenvalue weighted by Gasteiger charge is -2.34. The summed E-state index contributed by atoms with van der Waals surface area (Å²) < 4.78 is 26.8. The maximum Gasteiger partial charge on any atom is 0.246 e. The summed E-state index contributed by atoms with van der Waals surface area (Å²) in [5, 5.41) is 0.711. The predicted octanol–water partition coefficient (Wildman–Crippen LogP) is 2.44. The van der Waals surface area contributed by atoms with E-state index in [4.69, 9.17) is 17.3 Å². The second-order valence-corrected chi connectivity index (χ2v) is 8.90. The third kappa shape index (κ3) is 3.02. The lowest BCUT2D eigenvalue weighted by atomic mass is 10.3. The Morgan fingerprint density at radius 3 is 2.42 bits per heavy atom. The van der Waals surface area contributed by atoms with Gasteiger partial charge in [-0.3, -0.25) is 0 Å². The lowest BCUT2D eigenvalue weighted by molar-refractivity contribution is 0.405. The van der Waals surface area contributed by atoms with E-state index in [1.54, 1.807) is 30.0 Å². The van der Waals surface area contributed by atoms with Gasteiger partial charge in [-0.25, -0.2) is 8.42 Å². The van der Waals surface area contributed by atoms with Gasteiger partial charge >= 0.3 is 0 Å². The summed E-state index contributed by atoms with van der Waals surface area (Å²) in [6.07, 6.45) is 0. The highest BCUT2D eigenvalue weighted by Crippen LogP contribution is 2.34. The topological polar surface area (TPSA) is 63.4 Å². The van der Waals surface area contributed by atoms with Gasteiger partial charge in [0, 0.05) is 23.6 Å². The first kappa shape index (κ1) is 15.0. The Bertz CT molecular complexity index is 547. The van der Waals surface area contributed by atoms with Crippen LogP contribution in [-0.4, -0.2) is 36.3 Å². The highest BCUT2D eigenvalue weighted by molar-refractivity contribution is 8.00. The standard InChI is InChI=1S/C12H17ClN2O2S2/c1-8-6-15(7-9(2)18-8)19(16,17)12-10(13)4-3-5-11(12)14/h3-5,8-9H,6-7,14H2,1-2H3.